The molecule has 3 rings (SSSR count). The normalized spacial score (nSPS) is 14.0. The van der Waals surface area contributed by atoms with E-state index in [-0.39, 0.29) is 29.6 Å². The third-order valence-electron chi connectivity index (χ3n) is 5.00. The molecule has 1 aliphatic heterocycles. The van der Waals surface area contributed by atoms with E-state index in [9.17, 15) is 19.7 Å². The minimum absolute atomic E-state index is 0.0653. The second kappa shape index (κ2) is 9.74. The van der Waals surface area contributed by atoms with Gasteiger partial charge in [-0.05, 0) is 75.1 Å². The molecule has 8 heteroatoms. The lowest BCUT2D eigenvalue weighted by Gasteiger charge is -2.16. The Hall–Kier alpha value is -3.52. The molecule has 2 amide bonds. The van der Waals surface area contributed by atoms with Crippen molar-refractivity contribution >= 4 is 28.8 Å². The summed E-state index contributed by atoms with van der Waals surface area (Å²) in [5.74, 6) is -0.854. The molecule has 0 radical (unpaired) electrons. The molecule has 0 aromatic heterocycles. The minimum Gasteiger partial charge on any atom is -0.379 e. The van der Waals surface area contributed by atoms with Gasteiger partial charge >= 0.3 is 0 Å². The number of hydrogen-bond acceptors (Lipinski definition) is 6. The highest BCUT2D eigenvalue weighted by atomic mass is 16.6. The first-order chi connectivity index (χ1) is 15.2. The molecule has 1 heterocycles. The number of amides is 2. The summed E-state index contributed by atoms with van der Waals surface area (Å²) in [6.07, 6.45) is 0.579. The first kappa shape index (κ1) is 23.1. The quantitative estimate of drug-likeness (QED) is 0.273. The van der Waals surface area contributed by atoms with Gasteiger partial charge in [0.1, 0.15) is 5.70 Å². The van der Waals surface area contributed by atoms with Crippen molar-refractivity contribution in [2.24, 2.45) is 0 Å². The third kappa shape index (κ3) is 5.20. The summed E-state index contributed by atoms with van der Waals surface area (Å²) in [4.78, 5) is 38.1. The van der Waals surface area contributed by atoms with E-state index in [4.69, 9.17) is 4.74 Å². The van der Waals surface area contributed by atoms with E-state index < -0.39 is 16.7 Å². The lowest BCUT2D eigenvalue weighted by atomic mass is 10.0. The van der Waals surface area contributed by atoms with E-state index in [1.54, 1.807) is 0 Å². The number of ether oxygens (including phenoxy) is 1. The van der Waals surface area contributed by atoms with Crippen molar-refractivity contribution in [2.45, 2.75) is 40.2 Å². The monoisotopic (exact) mass is 437 g/mol. The summed E-state index contributed by atoms with van der Waals surface area (Å²) in [6, 6.07) is 11.4. The zero-order valence-corrected chi connectivity index (χ0v) is 18.7. The predicted molar refractivity (Wildman–Crippen MR) is 122 cm³/mol. The lowest BCUT2D eigenvalue weighted by Crippen LogP contribution is -2.34. The highest BCUT2D eigenvalue weighted by molar-refractivity contribution is 6.36. The van der Waals surface area contributed by atoms with Gasteiger partial charge in [0.15, 0.2) is 0 Å². The SMILES string of the molecule is Cc1cc(C)cc(NC2=C(c3ccc([N+](=O)[O-])cc3)C(=O)N(CCCOC(C)C)C2=O)c1. The van der Waals surface area contributed by atoms with Crippen LogP contribution in [-0.4, -0.2) is 40.9 Å². The molecule has 168 valence electrons. The molecular weight excluding hydrogens is 410 g/mol. The Kier molecular flexibility index (Phi) is 7.05. The number of carbonyl (C=O) groups excluding carboxylic acids is 2. The van der Waals surface area contributed by atoms with Crippen molar-refractivity contribution in [3.8, 4) is 0 Å². The molecule has 0 aliphatic carbocycles. The molecule has 8 nitrogen and oxygen atoms in total. The Morgan fingerprint density at radius 2 is 1.66 bits per heavy atom. The Morgan fingerprint density at radius 3 is 2.22 bits per heavy atom. The van der Waals surface area contributed by atoms with Gasteiger partial charge in [-0.15, -0.1) is 0 Å². The van der Waals surface area contributed by atoms with Crippen molar-refractivity contribution in [3.05, 3.63) is 75.0 Å². The molecule has 0 unspecified atom stereocenters. The molecule has 32 heavy (non-hydrogen) atoms. The first-order valence-electron chi connectivity index (χ1n) is 10.5. The van der Waals surface area contributed by atoms with Crippen molar-refractivity contribution in [1.82, 2.24) is 4.90 Å². The van der Waals surface area contributed by atoms with Crippen LogP contribution in [0.5, 0.6) is 0 Å². The van der Waals surface area contributed by atoms with Crippen LogP contribution in [0.4, 0.5) is 11.4 Å². The number of benzene rings is 2. The maximum atomic E-state index is 13.2. The van der Waals surface area contributed by atoms with E-state index >= 15 is 0 Å². The summed E-state index contributed by atoms with van der Waals surface area (Å²) >= 11 is 0. The van der Waals surface area contributed by atoms with Crippen LogP contribution >= 0.6 is 0 Å². The minimum atomic E-state index is -0.504. The Bertz CT molecular complexity index is 1050. The summed E-state index contributed by atoms with van der Waals surface area (Å²) in [6.45, 7) is 8.40. The second-order valence-corrected chi connectivity index (χ2v) is 8.09. The first-order valence-corrected chi connectivity index (χ1v) is 10.5. The number of imide groups is 1. The molecule has 2 aromatic rings. The molecular formula is C24H27N3O5. The average Bonchev–Trinajstić information content (AvgIpc) is 2.94. The fraction of sp³-hybridized carbons (Fsp3) is 0.333. The van der Waals surface area contributed by atoms with Crippen molar-refractivity contribution in [2.75, 3.05) is 18.5 Å². The van der Waals surface area contributed by atoms with Crippen molar-refractivity contribution in [1.29, 1.82) is 0 Å². The fourth-order valence-corrected chi connectivity index (χ4v) is 3.65. The number of rotatable bonds is 9. The van der Waals surface area contributed by atoms with Crippen LogP contribution in [0.1, 0.15) is 37.0 Å². The van der Waals surface area contributed by atoms with E-state index in [0.29, 0.717) is 24.3 Å². The number of aryl methyl sites for hydroxylation is 2. The molecule has 1 aliphatic rings. The van der Waals surface area contributed by atoms with Crippen LogP contribution in [0.2, 0.25) is 0 Å². The van der Waals surface area contributed by atoms with E-state index in [1.165, 1.54) is 29.2 Å². The Balaban J connectivity index is 1.95. The van der Waals surface area contributed by atoms with Crippen LogP contribution in [-0.2, 0) is 14.3 Å². The molecule has 0 atom stereocenters. The fourth-order valence-electron chi connectivity index (χ4n) is 3.65. The van der Waals surface area contributed by atoms with Gasteiger partial charge < -0.3 is 10.1 Å². The van der Waals surface area contributed by atoms with Gasteiger partial charge in [0.05, 0.1) is 16.6 Å². The summed E-state index contributed by atoms with van der Waals surface area (Å²) in [7, 11) is 0. The zero-order valence-electron chi connectivity index (χ0n) is 18.7. The maximum absolute atomic E-state index is 13.2. The Labute approximate surface area is 187 Å². The van der Waals surface area contributed by atoms with E-state index in [1.807, 2.05) is 45.9 Å². The highest BCUT2D eigenvalue weighted by Gasteiger charge is 2.39. The maximum Gasteiger partial charge on any atom is 0.278 e. The largest absolute Gasteiger partial charge is 0.379 e. The molecule has 2 aromatic carbocycles. The van der Waals surface area contributed by atoms with Crippen LogP contribution in [0.15, 0.2) is 48.2 Å². The van der Waals surface area contributed by atoms with Crippen LogP contribution in [0.3, 0.4) is 0 Å². The lowest BCUT2D eigenvalue weighted by molar-refractivity contribution is -0.384. The molecule has 0 spiro atoms. The number of non-ortho nitro benzene ring substituents is 1. The molecule has 1 N–H and O–H groups in total. The molecule has 0 fully saturated rings. The van der Waals surface area contributed by atoms with E-state index in [0.717, 1.165) is 11.1 Å². The topological polar surface area (TPSA) is 102 Å². The van der Waals surface area contributed by atoms with Crippen LogP contribution < -0.4 is 5.32 Å². The average molecular weight is 437 g/mol. The highest BCUT2D eigenvalue weighted by Crippen LogP contribution is 2.32. The van der Waals surface area contributed by atoms with Gasteiger partial charge in [-0.2, -0.15) is 0 Å². The van der Waals surface area contributed by atoms with Crippen molar-refractivity contribution in [3.63, 3.8) is 0 Å². The van der Waals surface area contributed by atoms with Gasteiger partial charge in [-0.25, -0.2) is 0 Å². The molecule has 0 saturated heterocycles. The van der Waals surface area contributed by atoms with E-state index in [2.05, 4.69) is 5.32 Å². The zero-order chi connectivity index (χ0) is 23.4. The number of nitrogens with zero attached hydrogens (tertiary/aromatic N) is 2. The number of carbonyl (C=O) groups is 2. The van der Waals surface area contributed by atoms with Crippen LogP contribution in [0, 0.1) is 24.0 Å². The Morgan fingerprint density at radius 1 is 1.03 bits per heavy atom. The number of anilines is 1. The number of nitrogens with one attached hydrogen (secondary N) is 1. The van der Waals surface area contributed by atoms with Crippen LogP contribution in [0.25, 0.3) is 5.57 Å². The summed E-state index contributed by atoms with van der Waals surface area (Å²) in [5.41, 5.74) is 3.46. The second-order valence-electron chi connectivity index (χ2n) is 8.09. The van der Waals surface area contributed by atoms with Gasteiger partial charge in [-0.3, -0.25) is 24.6 Å². The molecule has 0 saturated carbocycles. The van der Waals surface area contributed by atoms with Gasteiger partial charge in [0.2, 0.25) is 0 Å². The predicted octanol–water partition coefficient (Wildman–Crippen LogP) is 4.22. The number of hydrogen-bond donors (Lipinski definition) is 1. The standard InChI is InChI=1S/C24H27N3O5/c1-15(2)32-11-5-10-26-23(28)21(18-6-8-20(9-7-18)27(30)31)22(24(26)29)25-19-13-16(3)12-17(4)14-19/h6-9,12-15,25H,5,10-11H2,1-4H3. The molecule has 0 bridgehead atoms. The third-order valence-corrected chi connectivity index (χ3v) is 5.00. The number of nitro groups is 1. The summed E-state index contributed by atoms with van der Waals surface area (Å²) in [5, 5.41) is 14.1. The number of nitro benzene ring substituents is 1. The van der Waals surface area contributed by atoms with Crippen molar-refractivity contribution < 1.29 is 19.2 Å². The van der Waals surface area contributed by atoms with Gasteiger partial charge in [0.25, 0.3) is 17.5 Å². The smallest absolute Gasteiger partial charge is 0.278 e. The summed E-state index contributed by atoms with van der Waals surface area (Å²) < 4.78 is 5.53. The van der Waals surface area contributed by atoms with Gasteiger partial charge in [0, 0.05) is 31.0 Å². The van der Waals surface area contributed by atoms with Gasteiger partial charge in [-0.1, -0.05) is 6.07 Å².